The SMILES string of the molecule is CCC1(CC)CN(CCOCc2ccccc2)C2(CCCCC2)CN1. The van der Waals surface area contributed by atoms with Crippen LogP contribution in [0.3, 0.4) is 0 Å². The third-order valence-corrected chi connectivity index (χ3v) is 6.71. The fourth-order valence-electron chi connectivity index (χ4n) is 4.73. The van der Waals surface area contributed by atoms with Crippen molar-refractivity contribution in [3.63, 3.8) is 0 Å². The van der Waals surface area contributed by atoms with Crippen LogP contribution in [0.4, 0.5) is 0 Å². The first kappa shape index (κ1) is 18.9. The molecular weight excluding hydrogens is 308 g/mol. The van der Waals surface area contributed by atoms with Crippen LogP contribution in [0.5, 0.6) is 0 Å². The van der Waals surface area contributed by atoms with Gasteiger partial charge in [-0.15, -0.1) is 0 Å². The highest BCUT2D eigenvalue weighted by atomic mass is 16.5. The number of piperazine rings is 1. The largest absolute Gasteiger partial charge is 0.375 e. The Labute approximate surface area is 154 Å². The topological polar surface area (TPSA) is 24.5 Å². The van der Waals surface area contributed by atoms with Gasteiger partial charge in [-0.2, -0.15) is 0 Å². The second-order valence-electron chi connectivity index (χ2n) is 8.09. The maximum absolute atomic E-state index is 6.03. The summed E-state index contributed by atoms with van der Waals surface area (Å²) in [6.07, 6.45) is 9.29. The number of hydrogen-bond acceptors (Lipinski definition) is 3. The molecule has 1 N–H and O–H groups in total. The number of ether oxygens (including phenoxy) is 1. The minimum Gasteiger partial charge on any atom is -0.375 e. The molecule has 3 nitrogen and oxygen atoms in total. The third-order valence-electron chi connectivity index (χ3n) is 6.71. The molecule has 0 radical (unpaired) electrons. The molecule has 0 atom stereocenters. The number of benzene rings is 1. The molecule has 1 heterocycles. The zero-order valence-corrected chi connectivity index (χ0v) is 16.2. The summed E-state index contributed by atoms with van der Waals surface area (Å²) in [6, 6.07) is 10.5. The predicted octanol–water partition coefficient (Wildman–Crippen LogP) is 4.37. The molecule has 3 rings (SSSR count). The normalized spacial score (nSPS) is 23.0. The second kappa shape index (κ2) is 8.66. The maximum atomic E-state index is 6.03. The van der Waals surface area contributed by atoms with E-state index in [9.17, 15) is 0 Å². The highest BCUT2D eigenvalue weighted by molar-refractivity contribution is 5.13. The van der Waals surface area contributed by atoms with Gasteiger partial charge in [0, 0.05) is 30.7 Å². The molecule has 1 aromatic rings. The maximum Gasteiger partial charge on any atom is 0.0717 e. The molecular formula is C22H36N2O. The van der Waals surface area contributed by atoms with E-state index in [0.29, 0.717) is 11.1 Å². The molecule has 1 aromatic carbocycles. The van der Waals surface area contributed by atoms with Gasteiger partial charge in [0.2, 0.25) is 0 Å². The van der Waals surface area contributed by atoms with Gasteiger partial charge in [-0.05, 0) is 31.2 Å². The van der Waals surface area contributed by atoms with Crippen LogP contribution in [0, 0.1) is 0 Å². The minimum atomic E-state index is 0.294. The van der Waals surface area contributed by atoms with Gasteiger partial charge in [0.15, 0.2) is 0 Å². The van der Waals surface area contributed by atoms with Crippen LogP contribution < -0.4 is 5.32 Å². The van der Waals surface area contributed by atoms with Crippen molar-refractivity contribution >= 4 is 0 Å². The van der Waals surface area contributed by atoms with Crippen LogP contribution in [0.2, 0.25) is 0 Å². The summed E-state index contributed by atoms with van der Waals surface area (Å²) < 4.78 is 6.03. The van der Waals surface area contributed by atoms with Gasteiger partial charge in [0.1, 0.15) is 0 Å². The molecule has 1 aliphatic carbocycles. The smallest absolute Gasteiger partial charge is 0.0717 e. The lowest BCUT2D eigenvalue weighted by atomic mass is 9.75. The standard InChI is InChI=1S/C22H36N2O/c1-3-21(4-2)19-24(22(18-23-21)13-9-6-10-14-22)15-16-25-17-20-11-7-5-8-12-20/h5,7-8,11-12,23H,3-4,6,9-10,13-19H2,1-2H3. The van der Waals surface area contributed by atoms with E-state index >= 15 is 0 Å². The minimum absolute atomic E-state index is 0.294. The summed E-state index contributed by atoms with van der Waals surface area (Å²) in [4.78, 5) is 2.79. The molecule has 25 heavy (non-hydrogen) atoms. The van der Waals surface area contributed by atoms with Gasteiger partial charge < -0.3 is 10.1 Å². The third kappa shape index (κ3) is 4.45. The van der Waals surface area contributed by atoms with E-state index < -0.39 is 0 Å². The van der Waals surface area contributed by atoms with Gasteiger partial charge in [-0.1, -0.05) is 63.4 Å². The molecule has 1 saturated carbocycles. The van der Waals surface area contributed by atoms with Gasteiger partial charge in [0.05, 0.1) is 13.2 Å². The molecule has 3 heteroatoms. The van der Waals surface area contributed by atoms with Crippen molar-refractivity contribution in [2.45, 2.75) is 76.5 Å². The molecule has 140 valence electrons. The highest BCUT2D eigenvalue weighted by Gasteiger charge is 2.46. The van der Waals surface area contributed by atoms with Crippen molar-refractivity contribution in [1.29, 1.82) is 0 Å². The second-order valence-corrected chi connectivity index (χ2v) is 8.09. The molecule has 0 aromatic heterocycles. The van der Waals surface area contributed by atoms with Crippen molar-refractivity contribution in [2.75, 3.05) is 26.2 Å². The Hall–Kier alpha value is -0.900. The zero-order chi connectivity index (χ0) is 17.6. The van der Waals surface area contributed by atoms with E-state index in [4.69, 9.17) is 4.74 Å². The Morgan fingerprint density at radius 2 is 1.76 bits per heavy atom. The van der Waals surface area contributed by atoms with Crippen molar-refractivity contribution in [3.8, 4) is 0 Å². The molecule has 1 spiro atoms. The van der Waals surface area contributed by atoms with Crippen LogP contribution >= 0.6 is 0 Å². The van der Waals surface area contributed by atoms with Crippen molar-refractivity contribution in [3.05, 3.63) is 35.9 Å². The lowest BCUT2D eigenvalue weighted by molar-refractivity contribution is -0.0387. The average molecular weight is 345 g/mol. The quantitative estimate of drug-likeness (QED) is 0.743. The van der Waals surface area contributed by atoms with E-state index in [-0.39, 0.29) is 0 Å². The van der Waals surface area contributed by atoms with Crippen molar-refractivity contribution in [1.82, 2.24) is 10.2 Å². The Balaban J connectivity index is 1.59. The number of nitrogens with one attached hydrogen (secondary N) is 1. The summed E-state index contributed by atoms with van der Waals surface area (Å²) in [5.41, 5.74) is 1.94. The predicted molar refractivity (Wildman–Crippen MR) is 105 cm³/mol. The van der Waals surface area contributed by atoms with E-state index in [1.165, 1.54) is 57.1 Å². The Bertz CT molecular complexity index is 506. The summed E-state index contributed by atoms with van der Waals surface area (Å²) in [7, 11) is 0. The first-order valence-electron chi connectivity index (χ1n) is 10.3. The first-order chi connectivity index (χ1) is 12.2. The van der Waals surface area contributed by atoms with Gasteiger partial charge in [0.25, 0.3) is 0 Å². The van der Waals surface area contributed by atoms with Crippen LogP contribution in [0.15, 0.2) is 30.3 Å². The monoisotopic (exact) mass is 344 g/mol. The van der Waals surface area contributed by atoms with Gasteiger partial charge >= 0.3 is 0 Å². The van der Waals surface area contributed by atoms with Gasteiger partial charge in [-0.3, -0.25) is 4.90 Å². The Kier molecular flexibility index (Phi) is 6.54. The number of hydrogen-bond donors (Lipinski definition) is 1. The van der Waals surface area contributed by atoms with Gasteiger partial charge in [-0.25, -0.2) is 0 Å². The summed E-state index contributed by atoms with van der Waals surface area (Å²) >= 11 is 0. The van der Waals surface area contributed by atoms with E-state index in [2.05, 4.69) is 54.4 Å². The fourth-order valence-corrected chi connectivity index (χ4v) is 4.73. The molecule has 0 unspecified atom stereocenters. The molecule has 2 aliphatic rings. The Morgan fingerprint density at radius 3 is 2.44 bits per heavy atom. The molecule has 0 bridgehead atoms. The lowest BCUT2D eigenvalue weighted by Gasteiger charge is -2.56. The van der Waals surface area contributed by atoms with E-state index in [1.54, 1.807) is 0 Å². The Morgan fingerprint density at radius 1 is 1.04 bits per heavy atom. The molecule has 2 fully saturated rings. The molecule has 1 aliphatic heterocycles. The van der Waals surface area contributed by atoms with Crippen molar-refractivity contribution in [2.24, 2.45) is 0 Å². The summed E-state index contributed by atoms with van der Waals surface area (Å²) in [5.74, 6) is 0. The van der Waals surface area contributed by atoms with Crippen LogP contribution in [0.25, 0.3) is 0 Å². The number of nitrogens with zero attached hydrogens (tertiary/aromatic N) is 1. The molecule has 0 amide bonds. The lowest BCUT2D eigenvalue weighted by Crippen LogP contribution is -2.70. The van der Waals surface area contributed by atoms with Crippen LogP contribution in [0.1, 0.15) is 64.4 Å². The first-order valence-corrected chi connectivity index (χ1v) is 10.3. The van der Waals surface area contributed by atoms with E-state index in [0.717, 1.165) is 26.3 Å². The van der Waals surface area contributed by atoms with Crippen molar-refractivity contribution < 1.29 is 4.74 Å². The zero-order valence-electron chi connectivity index (χ0n) is 16.2. The van der Waals surface area contributed by atoms with E-state index in [1.807, 2.05) is 0 Å². The summed E-state index contributed by atoms with van der Waals surface area (Å²) in [5, 5.41) is 3.96. The highest BCUT2D eigenvalue weighted by Crippen LogP contribution is 2.38. The van der Waals surface area contributed by atoms with Crippen LogP contribution in [-0.2, 0) is 11.3 Å². The number of rotatable bonds is 7. The average Bonchev–Trinajstić information content (AvgIpc) is 2.68. The van der Waals surface area contributed by atoms with Crippen LogP contribution in [-0.4, -0.2) is 42.2 Å². The molecule has 1 saturated heterocycles. The summed E-state index contributed by atoms with van der Waals surface area (Å²) in [6.45, 7) is 9.63. The fraction of sp³-hybridized carbons (Fsp3) is 0.727.